The molecule has 1 atom stereocenters. The predicted octanol–water partition coefficient (Wildman–Crippen LogP) is 1.57. The molecule has 1 unspecified atom stereocenters. The molecule has 0 saturated heterocycles. The minimum Gasteiger partial charge on any atom is -0.493 e. The Kier molecular flexibility index (Phi) is 3.17. The van der Waals surface area contributed by atoms with E-state index in [-0.39, 0.29) is 6.54 Å². The van der Waals surface area contributed by atoms with Crippen LogP contribution in [0.5, 0.6) is 5.75 Å². The molecular formula is C13H19NO2. The van der Waals surface area contributed by atoms with Crippen molar-refractivity contribution in [3.8, 4) is 5.75 Å². The van der Waals surface area contributed by atoms with Crippen LogP contribution in [0.4, 0.5) is 0 Å². The van der Waals surface area contributed by atoms with Gasteiger partial charge in [-0.25, -0.2) is 0 Å². The fraction of sp³-hybridized carbons (Fsp3) is 0.538. The molecule has 1 heterocycles. The third-order valence-electron chi connectivity index (χ3n) is 3.22. The summed E-state index contributed by atoms with van der Waals surface area (Å²) in [5.41, 5.74) is 6.81. The quantitative estimate of drug-likeness (QED) is 0.811. The van der Waals surface area contributed by atoms with E-state index in [1.165, 1.54) is 5.56 Å². The number of nitrogens with two attached hydrogens (primary N) is 1. The zero-order valence-corrected chi connectivity index (χ0v) is 9.70. The third-order valence-corrected chi connectivity index (χ3v) is 3.22. The van der Waals surface area contributed by atoms with Crippen molar-refractivity contribution in [3.05, 3.63) is 29.3 Å². The van der Waals surface area contributed by atoms with Crippen molar-refractivity contribution < 1.29 is 9.84 Å². The molecule has 0 bridgehead atoms. The van der Waals surface area contributed by atoms with Crippen LogP contribution in [0.3, 0.4) is 0 Å². The van der Waals surface area contributed by atoms with E-state index in [0.29, 0.717) is 13.0 Å². The zero-order chi connectivity index (χ0) is 11.6. The molecule has 0 saturated carbocycles. The van der Waals surface area contributed by atoms with Crippen molar-refractivity contribution in [3.63, 3.8) is 0 Å². The third kappa shape index (κ3) is 1.81. The molecule has 0 radical (unpaired) electrons. The summed E-state index contributed by atoms with van der Waals surface area (Å²) in [6.45, 7) is 2.99. The van der Waals surface area contributed by atoms with Crippen molar-refractivity contribution in [1.82, 2.24) is 0 Å². The second kappa shape index (κ2) is 4.44. The molecule has 0 amide bonds. The Labute approximate surface area is 96.2 Å². The Balaban J connectivity index is 2.42. The molecule has 0 aliphatic carbocycles. The largest absolute Gasteiger partial charge is 0.493 e. The van der Waals surface area contributed by atoms with E-state index in [9.17, 15) is 5.11 Å². The van der Waals surface area contributed by atoms with E-state index in [2.05, 4.69) is 6.07 Å². The van der Waals surface area contributed by atoms with E-state index in [1.54, 1.807) is 0 Å². The minimum absolute atomic E-state index is 0.237. The summed E-state index contributed by atoms with van der Waals surface area (Å²) in [7, 11) is 0. The van der Waals surface area contributed by atoms with Gasteiger partial charge < -0.3 is 15.6 Å². The second-order valence-corrected chi connectivity index (χ2v) is 4.38. The summed E-state index contributed by atoms with van der Waals surface area (Å²) in [5.74, 6) is 0.851. The lowest BCUT2D eigenvalue weighted by Gasteiger charge is -2.28. The van der Waals surface area contributed by atoms with Crippen molar-refractivity contribution >= 4 is 0 Å². The Morgan fingerprint density at radius 1 is 1.50 bits per heavy atom. The van der Waals surface area contributed by atoms with Crippen LogP contribution in [0.25, 0.3) is 0 Å². The average Bonchev–Trinajstić information content (AvgIpc) is 2.76. The van der Waals surface area contributed by atoms with Crippen molar-refractivity contribution in [2.45, 2.75) is 31.8 Å². The number of rotatable bonds is 4. The second-order valence-electron chi connectivity index (χ2n) is 4.38. The number of fused-ring (bicyclic) bond motifs is 1. The van der Waals surface area contributed by atoms with Gasteiger partial charge in [-0.3, -0.25) is 0 Å². The summed E-state index contributed by atoms with van der Waals surface area (Å²) in [6, 6.07) is 5.94. The summed E-state index contributed by atoms with van der Waals surface area (Å²) < 4.78 is 5.61. The minimum atomic E-state index is -0.940. The van der Waals surface area contributed by atoms with E-state index >= 15 is 0 Å². The topological polar surface area (TPSA) is 55.5 Å². The number of ether oxygens (including phenoxy) is 1. The van der Waals surface area contributed by atoms with Crippen LogP contribution in [0.1, 0.15) is 30.9 Å². The van der Waals surface area contributed by atoms with Gasteiger partial charge in [-0.1, -0.05) is 31.5 Å². The molecule has 1 aliphatic rings. The van der Waals surface area contributed by atoms with Crippen LogP contribution >= 0.6 is 0 Å². The number of aliphatic hydroxyl groups is 1. The van der Waals surface area contributed by atoms with Gasteiger partial charge in [0.25, 0.3) is 0 Å². The van der Waals surface area contributed by atoms with Crippen molar-refractivity contribution in [2.24, 2.45) is 5.73 Å². The highest BCUT2D eigenvalue weighted by Gasteiger charge is 2.32. The highest BCUT2D eigenvalue weighted by atomic mass is 16.5. The molecule has 3 heteroatoms. The van der Waals surface area contributed by atoms with Crippen LogP contribution in [0.15, 0.2) is 18.2 Å². The smallest absolute Gasteiger partial charge is 0.128 e. The molecule has 0 aromatic heterocycles. The highest BCUT2D eigenvalue weighted by Crippen LogP contribution is 2.38. The monoisotopic (exact) mass is 221 g/mol. The predicted molar refractivity (Wildman–Crippen MR) is 63.5 cm³/mol. The summed E-state index contributed by atoms with van der Waals surface area (Å²) in [5, 5.41) is 10.6. The Morgan fingerprint density at radius 3 is 3.00 bits per heavy atom. The maximum absolute atomic E-state index is 10.6. The van der Waals surface area contributed by atoms with Crippen LogP contribution in [-0.2, 0) is 12.0 Å². The first-order valence-electron chi connectivity index (χ1n) is 5.89. The fourth-order valence-electron chi connectivity index (χ4n) is 2.34. The summed E-state index contributed by atoms with van der Waals surface area (Å²) in [4.78, 5) is 0. The zero-order valence-electron chi connectivity index (χ0n) is 9.70. The first kappa shape index (κ1) is 11.4. The fourth-order valence-corrected chi connectivity index (χ4v) is 2.34. The number of hydrogen-bond donors (Lipinski definition) is 2. The first-order valence-corrected chi connectivity index (χ1v) is 5.89. The summed E-state index contributed by atoms with van der Waals surface area (Å²) >= 11 is 0. The van der Waals surface area contributed by atoms with Gasteiger partial charge in [-0.05, 0) is 12.0 Å². The van der Waals surface area contributed by atoms with Gasteiger partial charge >= 0.3 is 0 Å². The highest BCUT2D eigenvalue weighted by molar-refractivity contribution is 5.47. The molecule has 88 valence electrons. The maximum Gasteiger partial charge on any atom is 0.128 e. The van der Waals surface area contributed by atoms with E-state index in [4.69, 9.17) is 10.5 Å². The Hall–Kier alpha value is -1.06. The van der Waals surface area contributed by atoms with Crippen LogP contribution in [0, 0.1) is 0 Å². The average molecular weight is 221 g/mol. The summed E-state index contributed by atoms with van der Waals surface area (Å²) in [6.07, 6.45) is 2.50. The maximum atomic E-state index is 10.6. The van der Waals surface area contributed by atoms with Gasteiger partial charge in [0, 0.05) is 18.5 Å². The van der Waals surface area contributed by atoms with Gasteiger partial charge in [0.05, 0.1) is 6.61 Å². The van der Waals surface area contributed by atoms with Crippen LogP contribution in [0.2, 0.25) is 0 Å². The van der Waals surface area contributed by atoms with Crippen molar-refractivity contribution in [1.29, 1.82) is 0 Å². The van der Waals surface area contributed by atoms with E-state index < -0.39 is 5.60 Å². The molecule has 1 aromatic rings. The molecule has 1 aliphatic heterocycles. The van der Waals surface area contributed by atoms with E-state index in [1.807, 2.05) is 19.1 Å². The normalized spacial score (nSPS) is 17.7. The SMILES string of the molecule is CCCC(O)(CN)c1cccc2c1OCC2. The Morgan fingerprint density at radius 2 is 2.31 bits per heavy atom. The van der Waals surface area contributed by atoms with E-state index in [0.717, 1.165) is 24.2 Å². The molecule has 2 rings (SSSR count). The lowest BCUT2D eigenvalue weighted by molar-refractivity contribution is 0.0335. The molecule has 0 fully saturated rings. The number of para-hydroxylation sites is 1. The lowest BCUT2D eigenvalue weighted by atomic mass is 9.87. The van der Waals surface area contributed by atoms with Gasteiger partial charge in [0.2, 0.25) is 0 Å². The van der Waals surface area contributed by atoms with Crippen LogP contribution in [-0.4, -0.2) is 18.3 Å². The van der Waals surface area contributed by atoms with Crippen LogP contribution < -0.4 is 10.5 Å². The molecule has 0 spiro atoms. The number of hydrogen-bond acceptors (Lipinski definition) is 3. The molecular weight excluding hydrogens is 202 g/mol. The molecule has 3 N–H and O–H groups in total. The van der Waals surface area contributed by atoms with Crippen molar-refractivity contribution in [2.75, 3.05) is 13.2 Å². The molecule has 1 aromatic carbocycles. The van der Waals surface area contributed by atoms with Gasteiger partial charge in [-0.15, -0.1) is 0 Å². The first-order chi connectivity index (χ1) is 7.71. The molecule has 3 nitrogen and oxygen atoms in total. The number of benzene rings is 1. The van der Waals surface area contributed by atoms with Gasteiger partial charge in [0.15, 0.2) is 0 Å². The molecule has 16 heavy (non-hydrogen) atoms. The lowest BCUT2D eigenvalue weighted by Crippen LogP contribution is -2.35. The standard InChI is InChI=1S/C13H19NO2/c1-2-7-13(15,9-14)11-5-3-4-10-6-8-16-12(10)11/h3-5,15H,2,6-9,14H2,1H3. The van der Waals surface area contributed by atoms with Gasteiger partial charge in [0.1, 0.15) is 11.4 Å². The van der Waals surface area contributed by atoms with Gasteiger partial charge in [-0.2, -0.15) is 0 Å². The Bertz CT molecular complexity index is 378.